The van der Waals surface area contributed by atoms with Gasteiger partial charge in [0.15, 0.2) is 0 Å². The molecule has 0 spiro atoms. The van der Waals surface area contributed by atoms with Crippen molar-refractivity contribution in [3.8, 4) is 0 Å². The highest BCUT2D eigenvalue weighted by Crippen LogP contribution is 1.65. The minimum Gasteiger partial charge on any atom is -0.175 e. The van der Waals surface area contributed by atoms with Crippen molar-refractivity contribution in [2.45, 2.75) is 0 Å². The van der Waals surface area contributed by atoms with Crippen LogP contribution in [-0.2, 0) is 0 Å². The van der Waals surface area contributed by atoms with Gasteiger partial charge in [-0.3, -0.25) is 0 Å². The van der Waals surface area contributed by atoms with E-state index in [9.17, 15) is 0 Å². The Kier molecular flexibility index (Phi) is 3.16. The van der Waals surface area contributed by atoms with Crippen molar-refractivity contribution in [3.63, 3.8) is 0 Å². The number of hydrogen-bond acceptors (Lipinski definition) is 1. The zero-order valence-corrected chi connectivity index (χ0v) is 3.20. The second kappa shape index (κ2) is 3.09. The van der Waals surface area contributed by atoms with E-state index in [0.29, 0.717) is 5.75 Å². The number of hydrogen-bond donors (Lipinski definition) is 1. The molecule has 0 atom stereocenters. The molecule has 23 valence electrons. The summed E-state index contributed by atoms with van der Waals surface area (Å²) in [5, 5.41) is 0. The minimum absolute atomic E-state index is 0.667. The lowest BCUT2D eigenvalue weighted by molar-refractivity contribution is 1.83. The molecule has 0 saturated carbocycles. The number of thiol groups is 1. The first-order valence-electron chi connectivity index (χ1n) is 1.06. The van der Waals surface area contributed by atoms with Crippen molar-refractivity contribution in [2.24, 2.45) is 0 Å². The quantitative estimate of drug-likeness (QED) is 0.438. The molecular formula is C3H5S. The van der Waals surface area contributed by atoms with Crippen molar-refractivity contribution in [2.75, 3.05) is 5.75 Å². The van der Waals surface area contributed by atoms with Gasteiger partial charge < -0.3 is 0 Å². The zero-order valence-electron chi connectivity index (χ0n) is 2.31. The van der Waals surface area contributed by atoms with Gasteiger partial charge in [0.1, 0.15) is 0 Å². The lowest BCUT2D eigenvalue weighted by Gasteiger charge is -1.57. The van der Waals surface area contributed by atoms with E-state index in [1.807, 2.05) is 0 Å². The summed E-state index contributed by atoms with van der Waals surface area (Å²) in [6.45, 7) is 4.83. The van der Waals surface area contributed by atoms with E-state index in [-0.39, 0.29) is 0 Å². The summed E-state index contributed by atoms with van der Waals surface area (Å²) in [6.07, 6.45) is 1.49. The third-order valence-corrected chi connectivity index (χ3v) is 0.316. The third kappa shape index (κ3) is 2.09. The van der Waals surface area contributed by atoms with Gasteiger partial charge in [-0.2, -0.15) is 12.6 Å². The molecule has 0 N–H and O–H groups in total. The van der Waals surface area contributed by atoms with Crippen molar-refractivity contribution in [1.82, 2.24) is 0 Å². The highest BCUT2D eigenvalue weighted by atomic mass is 32.1. The van der Waals surface area contributed by atoms with Gasteiger partial charge in [0.05, 0.1) is 0 Å². The van der Waals surface area contributed by atoms with E-state index in [4.69, 9.17) is 6.58 Å². The molecule has 0 saturated heterocycles. The van der Waals surface area contributed by atoms with Crippen LogP contribution in [0.5, 0.6) is 0 Å². The molecule has 0 nitrogen and oxygen atoms in total. The van der Waals surface area contributed by atoms with Gasteiger partial charge in [0.2, 0.25) is 0 Å². The van der Waals surface area contributed by atoms with Gasteiger partial charge in [-0.25, -0.2) is 0 Å². The van der Waals surface area contributed by atoms with Crippen LogP contribution in [0, 0.1) is 6.58 Å². The summed E-state index contributed by atoms with van der Waals surface area (Å²) in [7, 11) is 0. The van der Waals surface area contributed by atoms with Crippen LogP contribution < -0.4 is 0 Å². The summed E-state index contributed by atoms with van der Waals surface area (Å²) >= 11 is 3.74. The molecule has 0 aromatic rings. The fourth-order valence-corrected chi connectivity index (χ4v) is 0. The minimum atomic E-state index is 0.667. The van der Waals surface area contributed by atoms with E-state index in [1.54, 1.807) is 0 Å². The molecule has 0 fully saturated rings. The zero-order chi connectivity index (χ0) is 3.41. The molecule has 0 aromatic carbocycles. The lowest BCUT2D eigenvalue weighted by atomic mass is 10.8. The van der Waals surface area contributed by atoms with E-state index in [0.717, 1.165) is 0 Å². The number of rotatable bonds is 1. The standard InChI is InChI=1S/C3H5S/c1-2-3-4/h1-2,4H,3H2. The third-order valence-electron chi connectivity index (χ3n) is 0.105. The molecule has 0 rings (SSSR count). The smallest absolute Gasteiger partial charge is 0.00856 e. The van der Waals surface area contributed by atoms with Crippen molar-refractivity contribution in [1.29, 1.82) is 0 Å². The second-order valence-electron chi connectivity index (χ2n) is 0.418. The van der Waals surface area contributed by atoms with Crippen LogP contribution in [0.2, 0.25) is 0 Å². The Labute approximate surface area is 31.9 Å². The highest BCUT2D eigenvalue weighted by Gasteiger charge is 1.46. The van der Waals surface area contributed by atoms with Crippen LogP contribution in [-0.4, -0.2) is 5.75 Å². The fourth-order valence-electron chi connectivity index (χ4n) is 0. The van der Waals surface area contributed by atoms with Gasteiger partial charge in [-0.1, -0.05) is 12.7 Å². The molecular weight excluding hydrogens is 68.1 g/mol. The van der Waals surface area contributed by atoms with Gasteiger partial charge in [0.25, 0.3) is 0 Å². The first-order chi connectivity index (χ1) is 1.91. The molecule has 1 radical (unpaired) electrons. The maximum absolute atomic E-state index is 4.83. The van der Waals surface area contributed by atoms with E-state index < -0.39 is 0 Å². The fraction of sp³-hybridized carbons (Fsp3) is 0.333. The monoisotopic (exact) mass is 73.0 g/mol. The lowest BCUT2D eigenvalue weighted by Crippen LogP contribution is -1.46. The largest absolute Gasteiger partial charge is 0.175 e. The summed E-state index contributed by atoms with van der Waals surface area (Å²) in [5.41, 5.74) is 0. The molecule has 0 bridgehead atoms. The maximum atomic E-state index is 4.83. The van der Waals surface area contributed by atoms with Gasteiger partial charge in [-0.05, 0) is 0 Å². The Morgan fingerprint density at radius 2 is 2.25 bits per heavy atom. The normalized spacial score (nSPS) is 6.25. The highest BCUT2D eigenvalue weighted by molar-refractivity contribution is 7.80. The Hall–Kier alpha value is 0.0900. The first-order valence-corrected chi connectivity index (χ1v) is 1.69. The van der Waals surface area contributed by atoms with Crippen LogP contribution in [0.1, 0.15) is 0 Å². The SMILES string of the molecule is [CH]=CCS. The predicted molar refractivity (Wildman–Crippen MR) is 22.7 cm³/mol. The molecule has 0 aliphatic rings. The van der Waals surface area contributed by atoms with Crippen LogP contribution >= 0.6 is 12.6 Å². The van der Waals surface area contributed by atoms with Crippen LogP contribution in [0.25, 0.3) is 0 Å². The summed E-state index contributed by atoms with van der Waals surface area (Å²) < 4.78 is 0. The Balaban J connectivity index is 2.30. The van der Waals surface area contributed by atoms with Crippen LogP contribution in [0.3, 0.4) is 0 Å². The average Bonchev–Trinajstić information content (AvgIpc) is 1.37. The van der Waals surface area contributed by atoms with Crippen molar-refractivity contribution >= 4 is 12.6 Å². The molecule has 0 amide bonds. The van der Waals surface area contributed by atoms with Crippen molar-refractivity contribution < 1.29 is 0 Å². The molecule has 4 heavy (non-hydrogen) atoms. The topological polar surface area (TPSA) is 0 Å². The van der Waals surface area contributed by atoms with E-state index in [1.165, 1.54) is 6.08 Å². The first kappa shape index (κ1) is 4.09. The predicted octanol–water partition coefficient (Wildman–Crippen LogP) is 0.905. The summed E-state index contributed by atoms with van der Waals surface area (Å²) in [6, 6.07) is 0. The Morgan fingerprint density at radius 1 is 2.00 bits per heavy atom. The molecule has 0 heterocycles. The van der Waals surface area contributed by atoms with Gasteiger partial charge in [-0.15, -0.1) is 0 Å². The van der Waals surface area contributed by atoms with Crippen LogP contribution in [0.15, 0.2) is 6.08 Å². The molecule has 0 aromatic heterocycles. The molecule has 0 aliphatic heterocycles. The summed E-state index contributed by atoms with van der Waals surface area (Å²) in [5.74, 6) is 0.667. The molecule has 0 unspecified atom stereocenters. The van der Waals surface area contributed by atoms with Crippen molar-refractivity contribution in [3.05, 3.63) is 12.7 Å². The Bertz CT molecular complexity index is 17.2. The Morgan fingerprint density at radius 3 is 2.25 bits per heavy atom. The molecule has 1 heteroatoms. The molecule has 0 aliphatic carbocycles. The summed E-state index contributed by atoms with van der Waals surface area (Å²) in [4.78, 5) is 0. The van der Waals surface area contributed by atoms with Gasteiger partial charge >= 0.3 is 0 Å². The average molecular weight is 73.1 g/mol. The van der Waals surface area contributed by atoms with Crippen LogP contribution in [0.4, 0.5) is 0 Å². The second-order valence-corrected chi connectivity index (χ2v) is 0.783. The van der Waals surface area contributed by atoms with Gasteiger partial charge in [0, 0.05) is 5.75 Å². The van der Waals surface area contributed by atoms with E-state index in [2.05, 4.69) is 12.6 Å². The maximum Gasteiger partial charge on any atom is 0.00856 e. The van der Waals surface area contributed by atoms with E-state index >= 15 is 0 Å².